The average Bonchev–Trinajstić information content (AvgIpc) is 2.92. The number of ether oxygens (including phenoxy) is 1. The molecule has 1 atom stereocenters. The topological polar surface area (TPSA) is 75.8 Å². The van der Waals surface area contributed by atoms with E-state index in [9.17, 15) is 15.2 Å². The fourth-order valence-electron chi connectivity index (χ4n) is 3.02. The number of rotatable bonds is 7. The molecule has 0 aliphatic carbocycles. The molecule has 1 aliphatic heterocycles. The van der Waals surface area contributed by atoms with E-state index in [1.807, 2.05) is 13.8 Å². The molecule has 6 heteroatoms. The lowest BCUT2D eigenvalue weighted by molar-refractivity contribution is -0.384. The fourth-order valence-corrected chi connectivity index (χ4v) is 3.02. The van der Waals surface area contributed by atoms with E-state index in [2.05, 4.69) is 4.90 Å². The maximum atomic E-state index is 10.6. The van der Waals surface area contributed by atoms with Gasteiger partial charge in [0.2, 0.25) is 0 Å². The molecule has 0 aromatic heterocycles. The first-order valence-corrected chi connectivity index (χ1v) is 7.71. The van der Waals surface area contributed by atoms with E-state index in [1.165, 1.54) is 12.1 Å². The minimum atomic E-state index is -0.671. The zero-order valence-electron chi connectivity index (χ0n) is 13.2. The van der Waals surface area contributed by atoms with Crippen LogP contribution in [-0.2, 0) is 0 Å². The molecule has 0 bridgehead atoms. The summed E-state index contributed by atoms with van der Waals surface area (Å²) < 4.78 is 5.61. The van der Waals surface area contributed by atoms with Gasteiger partial charge in [-0.15, -0.1) is 0 Å². The van der Waals surface area contributed by atoms with Crippen LogP contribution in [0.1, 0.15) is 33.1 Å². The van der Waals surface area contributed by atoms with Gasteiger partial charge in [0.05, 0.1) is 17.1 Å². The minimum Gasteiger partial charge on any atom is -0.494 e. The number of likely N-dealkylation sites (tertiary alicyclic amines) is 1. The summed E-state index contributed by atoms with van der Waals surface area (Å²) in [6, 6.07) is 6.34. The third kappa shape index (κ3) is 4.42. The lowest BCUT2D eigenvalue weighted by Crippen LogP contribution is -2.46. The Morgan fingerprint density at radius 3 is 2.68 bits per heavy atom. The number of hydrogen-bond acceptors (Lipinski definition) is 5. The molecule has 1 aromatic carbocycles. The van der Waals surface area contributed by atoms with Gasteiger partial charge in [0.1, 0.15) is 5.75 Å². The van der Waals surface area contributed by atoms with Crippen molar-refractivity contribution in [3.8, 4) is 5.75 Å². The third-order valence-corrected chi connectivity index (χ3v) is 4.09. The van der Waals surface area contributed by atoms with E-state index < -0.39 is 10.5 Å². The number of aliphatic hydroxyl groups is 1. The van der Waals surface area contributed by atoms with Crippen molar-refractivity contribution in [2.24, 2.45) is 0 Å². The standard InChI is InChI=1S/C16H24N2O4/c1-16(2,19)15-5-3-10-17(15)11-4-12-22-14-8-6-13(7-9-14)18(20)21/h6-9,15,19H,3-5,10-12H2,1-2H3. The van der Waals surface area contributed by atoms with Crippen molar-refractivity contribution in [2.45, 2.75) is 44.8 Å². The fraction of sp³-hybridized carbons (Fsp3) is 0.625. The molecule has 1 aliphatic rings. The number of non-ortho nitro benzene ring substituents is 1. The predicted molar refractivity (Wildman–Crippen MR) is 84.1 cm³/mol. The average molecular weight is 308 g/mol. The van der Waals surface area contributed by atoms with Crippen LogP contribution < -0.4 is 4.74 Å². The van der Waals surface area contributed by atoms with Gasteiger partial charge in [-0.05, 0) is 51.8 Å². The normalized spacial score (nSPS) is 19.3. The van der Waals surface area contributed by atoms with E-state index in [0.717, 1.165) is 32.4 Å². The van der Waals surface area contributed by atoms with Gasteiger partial charge >= 0.3 is 0 Å². The van der Waals surface area contributed by atoms with E-state index in [0.29, 0.717) is 12.4 Å². The Morgan fingerprint density at radius 1 is 1.41 bits per heavy atom. The van der Waals surface area contributed by atoms with Crippen molar-refractivity contribution in [1.82, 2.24) is 4.90 Å². The van der Waals surface area contributed by atoms with Crippen LogP contribution in [0.2, 0.25) is 0 Å². The van der Waals surface area contributed by atoms with Crippen LogP contribution in [0.15, 0.2) is 24.3 Å². The van der Waals surface area contributed by atoms with E-state index >= 15 is 0 Å². The van der Waals surface area contributed by atoms with E-state index in [-0.39, 0.29) is 11.7 Å². The van der Waals surface area contributed by atoms with Gasteiger partial charge in [0.15, 0.2) is 0 Å². The van der Waals surface area contributed by atoms with Crippen molar-refractivity contribution in [3.63, 3.8) is 0 Å². The monoisotopic (exact) mass is 308 g/mol. The molecule has 1 N–H and O–H groups in total. The number of hydrogen-bond donors (Lipinski definition) is 1. The molecule has 0 saturated carbocycles. The lowest BCUT2D eigenvalue weighted by Gasteiger charge is -2.33. The summed E-state index contributed by atoms with van der Waals surface area (Å²) in [5.74, 6) is 0.644. The van der Waals surface area contributed by atoms with Gasteiger partial charge in [0.25, 0.3) is 5.69 Å². The van der Waals surface area contributed by atoms with Crippen LogP contribution in [0.25, 0.3) is 0 Å². The summed E-state index contributed by atoms with van der Waals surface area (Å²) in [6.45, 7) is 6.20. The Morgan fingerprint density at radius 2 is 2.09 bits per heavy atom. The van der Waals surface area contributed by atoms with Gasteiger partial charge in [0, 0.05) is 24.7 Å². The highest BCUT2D eigenvalue weighted by Gasteiger charge is 2.35. The second-order valence-corrected chi connectivity index (χ2v) is 6.30. The van der Waals surface area contributed by atoms with Crippen molar-refractivity contribution in [1.29, 1.82) is 0 Å². The van der Waals surface area contributed by atoms with E-state index in [1.54, 1.807) is 12.1 Å². The maximum Gasteiger partial charge on any atom is 0.269 e. The van der Waals surface area contributed by atoms with Crippen LogP contribution in [0.3, 0.4) is 0 Å². The van der Waals surface area contributed by atoms with Gasteiger partial charge in [-0.25, -0.2) is 0 Å². The van der Waals surface area contributed by atoms with Crippen LogP contribution in [0.4, 0.5) is 5.69 Å². The van der Waals surface area contributed by atoms with Crippen LogP contribution in [0, 0.1) is 10.1 Å². The Kier molecular flexibility index (Phi) is 5.37. The van der Waals surface area contributed by atoms with Crippen LogP contribution in [0.5, 0.6) is 5.75 Å². The van der Waals surface area contributed by atoms with Crippen molar-refractivity contribution < 1.29 is 14.8 Å². The first kappa shape index (κ1) is 16.7. The second kappa shape index (κ2) is 7.07. The van der Waals surface area contributed by atoms with Crippen molar-refractivity contribution >= 4 is 5.69 Å². The summed E-state index contributed by atoms with van der Waals surface area (Å²) in [4.78, 5) is 12.5. The maximum absolute atomic E-state index is 10.6. The van der Waals surface area contributed by atoms with Gasteiger partial charge in [-0.2, -0.15) is 0 Å². The molecule has 0 radical (unpaired) electrons. The molecular weight excluding hydrogens is 284 g/mol. The lowest BCUT2D eigenvalue weighted by atomic mass is 9.96. The Balaban J connectivity index is 1.74. The number of nitrogens with zero attached hydrogens (tertiary/aromatic N) is 2. The molecule has 0 amide bonds. The Bertz CT molecular complexity index is 496. The highest BCUT2D eigenvalue weighted by Crippen LogP contribution is 2.26. The third-order valence-electron chi connectivity index (χ3n) is 4.09. The van der Waals surface area contributed by atoms with Crippen LogP contribution >= 0.6 is 0 Å². The molecule has 6 nitrogen and oxygen atoms in total. The van der Waals surface area contributed by atoms with E-state index in [4.69, 9.17) is 4.74 Å². The van der Waals surface area contributed by atoms with Gasteiger partial charge in [-0.3, -0.25) is 15.0 Å². The number of benzene rings is 1. The minimum absolute atomic E-state index is 0.0671. The smallest absolute Gasteiger partial charge is 0.269 e. The Labute approximate surface area is 130 Å². The van der Waals surface area contributed by atoms with Crippen molar-refractivity contribution in [3.05, 3.63) is 34.4 Å². The summed E-state index contributed by atoms with van der Waals surface area (Å²) >= 11 is 0. The highest BCUT2D eigenvalue weighted by molar-refractivity contribution is 5.35. The molecule has 1 aromatic rings. The van der Waals surface area contributed by atoms with Crippen molar-refractivity contribution in [2.75, 3.05) is 19.7 Å². The summed E-state index contributed by atoms with van der Waals surface area (Å²) in [5.41, 5.74) is -0.604. The molecule has 1 fully saturated rings. The quantitative estimate of drug-likeness (QED) is 0.476. The molecule has 1 heterocycles. The predicted octanol–water partition coefficient (Wildman–Crippen LogP) is 2.60. The van der Waals surface area contributed by atoms with Crippen LogP contribution in [-0.4, -0.2) is 46.3 Å². The summed E-state index contributed by atoms with van der Waals surface area (Å²) in [7, 11) is 0. The molecule has 0 spiro atoms. The second-order valence-electron chi connectivity index (χ2n) is 6.30. The first-order chi connectivity index (χ1) is 10.4. The molecule has 22 heavy (non-hydrogen) atoms. The van der Waals surface area contributed by atoms with Gasteiger partial charge < -0.3 is 9.84 Å². The SMILES string of the molecule is CC(C)(O)C1CCCN1CCCOc1ccc([N+](=O)[O-])cc1. The molecule has 1 unspecified atom stereocenters. The largest absolute Gasteiger partial charge is 0.494 e. The molecule has 122 valence electrons. The molecule has 2 rings (SSSR count). The summed E-state index contributed by atoms with van der Waals surface area (Å²) in [6.07, 6.45) is 3.02. The molecular formula is C16H24N2O4. The first-order valence-electron chi connectivity index (χ1n) is 7.71. The Hall–Kier alpha value is -1.66. The summed E-state index contributed by atoms with van der Waals surface area (Å²) in [5, 5.41) is 20.7. The zero-order valence-corrected chi connectivity index (χ0v) is 13.2. The number of nitro groups is 1. The molecule has 1 saturated heterocycles. The highest BCUT2D eigenvalue weighted by atomic mass is 16.6. The zero-order chi connectivity index (χ0) is 16.2. The van der Waals surface area contributed by atoms with Gasteiger partial charge in [-0.1, -0.05) is 0 Å². The number of nitro benzene ring substituents is 1.